The first kappa shape index (κ1) is 14.8. The van der Waals surface area contributed by atoms with E-state index in [1.165, 1.54) is 0 Å². The summed E-state index contributed by atoms with van der Waals surface area (Å²) in [6.07, 6.45) is 0.514. The maximum absolute atomic E-state index is 12.1. The van der Waals surface area contributed by atoms with Crippen LogP contribution in [0.1, 0.15) is 17.9 Å². The fraction of sp³-hybridized carbons (Fsp3) is 0.500. The van der Waals surface area contributed by atoms with Crippen LogP contribution in [-0.2, 0) is 4.79 Å². The van der Waals surface area contributed by atoms with Gasteiger partial charge < -0.3 is 4.74 Å². The average Bonchev–Trinajstić information content (AvgIpc) is 2.46. The van der Waals surface area contributed by atoms with Gasteiger partial charge in [-0.25, -0.2) is 0 Å². The van der Waals surface area contributed by atoms with Gasteiger partial charge >= 0.3 is 0 Å². The second kappa shape index (κ2) is 6.74. The molecule has 0 N–H and O–H groups in total. The number of nitrogens with zero attached hydrogens (tertiary/aromatic N) is 1. The fourth-order valence-electron chi connectivity index (χ4n) is 2.48. The minimum atomic E-state index is -0.351. The molecule has 0 radical (unpaired) electrons. The Bertz CT molecular complexity index is 488. The van der Waals surface area contributed by atoms with Gasteiger partial charge in [-0.15, -0.1) is 0 Å². The standard InChI is InChI=1S/C14H17NO4S/c1-19-11-4-2-10(3-5-11)12(8-15(17)18)13-9-20-7-6-14(13)16/h2-5,12-13H,6-9H2,1H3/t12-,13-/m1/s1. The van der Waals surface area contributed by atoms with Crippen molar-refractivity contribution >= 4 is 17.5 Å². The zero-order valence-corrected chi connectivity index (χ0v) is 12.1. The van der Waals surface area contributed by atoms with Crippen molar-refractivity contribution in [2.75, 3.05) is 25.2 Å². The molecule has 0 unspecified atom stereocenters. The Morgan fingerprint density at radius 3 is 2.70 bits per heavy atom. The number of rotatable bonds is 5. The highest BCUT2D eigenvalue weighted by molar-refractivity contribution is 7.99. The quantitative estimate of drug-likeness (QED) is 0.616. The molecule has 2 rings (SSSR count). The largest absolute Gasteiger partial charge is 0.497 e. The number of thioether (sulfide) groups is 1. The molecule has 1 heterocycles. The van der Waals surface area contributed by atoms with Gasteiger partial charge in [0.15, 0.2) is 0 Å². The summed E-state index contributed by atoms with van der Waals surface area (Å²) in [7, 11) is 1.57. The molecule has 5 nitrogen and oxygen atoms in total. The molecule has 0 saturated carbocycles. The summed E-state index contributed by atoms with van der Waals surface area (Å²) in [4.78, 5) is 22.6. The van der Waals surface area contributed by atoms with Gasteiger partial charge in [0.05, 0.1) is 13.0 Å². The van der Waals surface area contributed by atoms with Crippen LogP contribution in [0.2, 0.25) is 0 Å². The van der Waals surface area contributed by atoms with Gasteiger partial charge in [-0.2, -0.15) is 11.8 Å². The van der Waals surface area contributed by atoms with Crippen LogP contribution in [0, 0.1) is 16.0 Å². The van der Waals surface area contributed by atoms with Crippen LogP contribution >= 0.6 is 11.8 Å². The molecule has 0 aromatic heterocycles. The topological polar surface area (TPSA) is 69.4 Å². The first-order valence-electron chi connectivity index (χ1n) is 6.48. The van der Waals surface area contributed by atoms with E-state index >= 15 is 0 Å². The number of carbonyl (C=O) groups is 1. The highest BCUT2D eigenvalue weighted by Crippen LogP contribution is 2.33. The van der Waals surface area contributed by atoms with Crippen LogP contribution in [0.5, 0.6) is 5.75 Å². The third kappa shape index (κ3) is 3.50. The summed E-state index contributed by atoms with van der Waals surface area (Å²) in [6, 6.07) is 7.20. The molecule has 0 spiro atoms. The van der Waals surface area contributed by atoms with Crippen LogP contribution < -0.4 is 4.74 Å². The fourth-order valence-corrected chi connectivity index (χ4v) is 3.66. The Kier molecular flexibility index (Phi) is 5.00. The second-order valence-corrected chi connectivity index (χ2v) is 5.94. The van der Waals surface area contributed by atoms with E-state index in [4.69, 9.17) is 4.74 Å². The number of ketones is 1. The van der Waals surface area contributed by atoms with Gasteiger partial charge in [0.2, 0.25) is 6.54 Å². The lowest BCUT2D eigenvalue weighted by molar-refractivity contribution is -0.484. The van der Waals surface area contributed by atoms with E-state index in [0.29, 0.717) is 17.9 Å². The predicted octanol–water partition coefficient (Wildman–Crippen LogP) is 2.38. The van der Waals surface area contributed by atoms with Crippen molar-refractivity contribution in [2.24, 2.45) is 5.92 Å². The number of carbonyl (C=O) groups excluding carboxylic acids is 1. The highest BCUT2D eigenvalue weighted by Gasteiger charge is 2.34. The molecular formula is C14H17NO4S. The maximum Gasteiger partial charge on any atom is 0.211 e. The van der Waals surface area contributed by atoms with Gasteiger partial charge in [0.25, 0.3) is 0 Å². The molecule has 6 heteroatoms. The zero-order valence-electron chi connectivity index (χ0n) is 11.3. The SMILES string of the molecule is COc1ccc([C@@H](C[N+](=O)[O-])[C@H]2CSCCC2=O)cc1. The summed E-state index contributed by atoms with van der Waals surface area (Å²) in [5.74, 6) is 1.74. The van der Waals surface area contributed by atoms with Gasteiger partial charge in [-0.3, -0.25) is 14.9 Å². The predicted molar refractivity (Wildman–Crippen MR) is 78.0 cm³/mol. The van der Waals surface area contributed by atoms with Crippen molar-refractivity contribution < 1.29 is 14.5 Å². The molecule has 20 heavy (non-hydrogen) atoms. The Balaban J connectivity index is 2.25. The molecule has 1 fully saturated rings. The van der Waals surface area contributed by atoms with E-state index < -0.39 is 0 Å². The van der Waals surface area contributed by atoms with Crippen molar-refractivity contribution in [3.63, 3.8) is 0 Å². The summed E-state index contributed by atoms with van der Waals surface area (Å²) in [6.45, 7) is -0.205. The van der Waals surface area contributed by atoms with Crippen molar-refractivity contribution in [3.05, 3.63) is 39.9 Å². The molecule has 1 aromatic rings. The molecule has 2 atom stereocenters. The highest BCUT2D eigenvalue weighted by atomic mass is 32.2. The van der Waals surface area contributed by atoms with Gasteiger partial charge in [-0.05, 0) is 17.7 Å². The first-order chi connectivity index (χ1) is 9.61. The van der Waals surface area contributed by atoms with E-state index in [1.807, 2.05) is 12.1 Å². The number of hydrogen-bond donors (Lipinski definition) is 0. The molecule has 1 aromatic carbocycles. The minimum Gasteiger partial charge on any atom is -0.497 e. The lowest BCUT2D eigenvalue weighted by Gasteiger charge is -2.26. The molecule has 0 amide bonds. The third-order valence-corrected chi connectivity index (χ3v) is 4.67. The minimum absolute atomic E-state index is 0.145. The number of methoxy groups -OCH3 is 1. The Labute approximate surface area is 121 Å². The van der Waals surface area contributed by atoms with Crippen molar-refractivity contribution in [1.29, 1.82) is 0 Å². The first-order valence-corrected chi connectivity index (χ1v) is 7.63. The summed E-state index contributed by atoms with van der Waals surface area (Å²) in [5.41, 5.74) is 0.836. The normalized spacial score (nSPS) is 20.4. The number of ether oxygens (including phenoxy) is 1. The molecule has 0 aliphatic carbocycles. The number of Topliss-reactive ketones (excluding diaryl/α,β-unsaturated/α-hetero) is 1. The zero-order chi connectivity index (χ0) is 14.5. The average molecular weight is 295 g/mol. The monoisotopic (exact) mass is 295 g/mol. The van der Waals surface area contributed by atoms with Crippen molar-refractivity contribution in [1.82, 2.24) is 0 Å². The smallest absolute Gasteiger partial charge is 0.211 e. The van der Waals surface area contributed by atoms with Crippen LogP contribution in [0.3, 0.4) is 0 Å². The lowest BCUT2D eigenvalue weighted by Crippen LogP contribution is -2.32. The van der Waals surface area contributed by atoms with E-state index in [0.717, 1.165) is 11.3 Å². The summed E-state index contributed by atoms with van der Waals surface area (Å²) in [5, 5.41) is 10.9. The molecule has 0 bridgehead atoms. The number of nitro groups is 1. The number of hydrogen-bond acceptors (Lipinski definition) is 5. The third-order valence-electron chi connectivity index (χ3n) is 3.58. The summed E-state index contributed by atoms with van der Waals surface area (Å²) >= 11 is 1.70. The second-order valence-electron chi connectivity index (χ2n) is 4.79. The molecule has 108 valence electrons. The van der Waals surface area contributed by atoms with Crippen molar-refractivity contribution in [2.45, 2.75) is 12.3 Å². The van der Waals surface area contributed by atoms with Crippen LogP contribution in [0.15, 0.2) is 24.3 Å². The molecular weight excluding hydrogens is 278 g/mol. The summed E-state index contributed by atoms with van der Waals surface area (Å²) < 4.78 is 5.09. The lowest BCUT2D eigenvalue weighted by atomic mass is 9.83. The van der Waals surface area contributed by atoms with Gasteiger partial charge in [-0.1, -0.05) is 12.1 Å². The molecule has 1 aliphatic heterocycles. The van der Waals surface area contributed by atoms with Gasteiger partial charge in [0, 0.05) is 28.8 Å². The van der Waals surface area contributed by atoms with E-state index in [2.05, 4.69) is 0 Å². The van der Waals surface area contributed by atoms with E-state index in [-0.39, 0.29) is 29.1 Å². The molecule has 1 saturated heterocycles. The van der Waals surface area contributed by atoms with E-state index in [9.17, 15) is 14.9 Å². The molecule has 1 aliphatic rings. The van der Waals surface area contributed by atoms with Crippen LogP contribution in [0.4, 0.5) is 0 Å². The maximum atomic E-state index is 12.1. The van der Waals surface area contributed by atoms with Gasteiger partial charge in [0.1, 0.15) is 11.5 Å². The van der Waals surface area contributed by atoms with Crippen molar-refractivity contribution in [3.8, 4) is 5.75 Å². The number of benzene rings is 1. The Hall–Kier alpha value is -1.56. The van der Waals surface area contributed by atoms with Crippen LogP contribution in [0.25, 0.3) is 0 Å². The Morgan fingerprint density at radius 1 is 1.45 bits per heavy atom. The Morgan fingerprint density at radius 2 is 2.15 bits per heavy atom. The van der Waals surface area contributed by atoms with E-state index in [1.54, 1.807) is 31.0 Å². The van der Waals surface area contributed by atoms with Crippen LogP contribution in [-0.4, -0.2) is 35.9 Å².